The Morgan fingerprint density at radius 1 is 1.62 bits per heavy atom. The Hall–Kier alpha value is -0.0200. The van der Waals surface area contributed by atoms with Gasteiger partial charge < -0.3 is 10.0 Å². The van der Waals surface area contributed by atoms with Gasteiger partial charge in [0.25, 0.3) is 0 Å². The number of alkyl halides is 1. The maximum Gasteiger partial charge on any atom is 0.0510 e. The van der Waals surface area contributed by atoms with Crippen LogP contribution in [0, 0.1) is 5.92 Å². The molecule has 1 aliphatic rings. The van der Waals surface area contributed by atoms with Crippen LogP contribution in [0.15, 0.2) is 12.3 Å². The average Bonchev–Trinajstić information content (AvgIpc) is 2.17. The fraction of sp³-hybridized carbons (Fsp3) is 0.800. The van der Waals surface area contributed by atoms with Gasteiger partial charge in [-0.3, -0.25) is 0 Å². The third-order valence-corrected chi connectivity index (χ3v) is 3.27. The summed E-state index contributed by atoms with van der Waals surface area (Å²) >= 11 is 3.52. The van der Waals surface area contributed by atoms with E-state index in [1.165, 1.54) is 0 Å². The molecule has 13 heavy (non-hydrogen) atoms. The van der Waals surface area contributed by atoms with Crippen LogP contribution in [0.2, 0.25) is 0 Å². The molecule has 3 heteroatoms. The summed E-state index contributed by atoms with van der Waals surface area (Å²) in [4.78, 5) is 2.67. The van der Waals surface area contributed by atoms with Crippen molar-refractivity contribution in [1.29, 1.82) is 0 Å². The van der Waals surface area contributed by atoms with E-state index in [9.17, 15) is 0 Å². The van der Waals surface area contributed by atoms with Crippen LogP contribution in [0.1, 0.15) is 19.8 Å². The highest BCUT2D eigenvalue weighted by molar-refractivity contribution is 9.09. The Balaban J connectivity index is 2.36. The first kappa shape index (κ1) is 11.1. The fourth-order valence-electron chi connectivity index (χ4n) is 1.65. The number of allylic oxidation sites excluding steroid dienone is 1. The molecule has 1 atom stereocenters. The Labute approximate surface area is 88.7 Å². The molecular weight excluding hydrogens is 230 g/mol. The minimum atomic E-state index is 0.337. The first-order chi connectivity index (χ1) is 6.15. The van der Waals surface area contributed by atoms with Gasteiger partial charge in [-0.1, -0.05) is 22.5 Å². The van der Waals surface area contributed by atoms with Gasteiger partial charge >= 0.3 is 0 Å². The number of aliphatic hydroxyl groups excluding tert-OH is 1. The van der Waals surface area contributed by atoms with Crippen molar-refractivity contribution < 1.29 is 5.11 Å². The van der Waals surface area contributed by atoms with Crippen molar-refractivity contribution in [3.63, 3.8) is 0 Å². The lowest BCUT2D eigenvalue weighted by Gasteiger charge is -2.35. The van der Waals surface area contributed by atoms with E-state index in [2.05, 4.69) is 34.3 Å². The van der Waals surface area contributed by atoms with Gasteiger partial charge in [0.1, 0.15) is 0 Å². The maximum atomic E-state index is 8.97. The Morgan fingerprint density at radius 3 is 2.54 bits per heavy atom. The molecular formula is C10H18BrNO. The van der Waals surface area contributed by atoms with Gasteiger partial charge in [-0.15, -0.1) is 0 Å². The molecule has 76 valence electrons. The normalized spacial score (nSPS) is 21.6. The summed E-state index contributed by atoms with van der Waals surface area (Å²) in [6.07, 6.45) is 2.18. The third-order valence-electron chi connectivity index (χ3n) is 2.74. The van der Waals surface area contributed by atoms with Crippen LogP contribution in [0.25, 0.3) is 0 Å². The Kier molecular flexibility index (Phi) is 4.26. The van der Waals surface area contributed by atoms with Crippen molar-refractivity contribution in [3.8, 4) is 0 Å². The first-order valence-corrected chi connectivity index (χ1v) is 5.75. The van der Waals surface area contributed by atoms with Crippen molar-refractivity contribution in [2.45, 2.75) is 24.6 Å². The lowest BCUT2D eigenvalue weighted by Crippen LogP contribution is -2.35. The summed E-state index contributed by atoms with van der Waals surface area (Å²) in [5, 5.41) is 8.97. The highest BCUT2D eigenvalue weighted by Crippen LogP contribution is 2.22. The number of likely N-dealkylation sites (tertiary alicyclic amines) is 1. The minimum absolute atomic E-state index is 0.337. The zero-order valence-corrected chi connectivity index (χ0v) is 9.76. The third kappa shape index (κ3) is 2.99. The zero-order chi connectivity index (χ0) is 9.84. The van der Waals surface area contributed by atoms with Crippen molar-refractivity contribution in [3.05, 3.63) is 12.3 Å². The molecule has 0 aromatic rings. The molecule has 1 heterocycles. The van der Waals surface area contributed by atoms with Crippen LogP contribution < -0.4 is 0 Å². The van der Waals surface area contributed by atoms with Crippen LogP contribution in [-0.4, -0.2) is 34.5 Å². The Bertz CT molecular complexity index is 174. The molecule has 0 saturated carbocycles. The molecule has 1 fully saturated rings. The summed E-state index contributed by atoms with van der Waals surface area (Å²) in [6, 6.07) is 0. The summed E-state index contributed by atoms with van der Waals surface area (Å²) < 4.78 is 0. The quantitative estimate of drug-likeness (QED) is 0.772. The number of rotatable bonds is 3. The molecule has 1 rings (SSSR count). The van der Waals surface area contributed by atoms with Gasteiger partial charge in [-0.2, -0.15) is 0 Å². The van der Waals surface area contributed by atoms with E-state index < -0.39 is 0 Å². The number of hydrogen-bond donors (Lipinski definition) is 1. The number of hydrogen-bond acceptors (Lipinski definition) is 2. The van der Waals surface area contributed by atoms with E-state index in [4.69, 9.17) is 5.11 Å². The van der Waals surface area contributed by atoms with Crippen LogP contribution in [0.4, 0.5) is 0 Å². The topological polar surface area (TPSA) is 23.5 Å². The second kappa shape index (κ2) is 5.01. The van der Waals surface area contributed by atoms with E-state index in [0.717, 1.165) is 31.6 Å². The summed E-state index contributed by atoms with van der Waals surface area (Å²) in [7, 11) is 0. The first-order valence-electron chi connectivity index (χ1n) is 4.83. The van der Waals surface area contributed by atoms with Gasteiger partial charge in [-0.25, -0.2) is 0 Å². The van der Waals surface area contributed by atoms with Gasteiger partial charge in [0, 0.05) is 25.4 Å². The molecule has 0 aromatic heterocycles. The largest absolute Gasteiger partial charge is 0.396 e. The van der Waals surface area contributed by atoms with Crippen LogP contribution in [-0.2, 0) is 0 Å². The maximum absolute atomic E-state index is 8.97. The van der Waals surface area contributed by atoms with E-state index >= 15 is 0 Å². The fourth-order valence-corrected chi connectivity index (χ4v) is 1.94. The second-order valence-corrected chi connectivity index (χ2v) is 5.09. The van der Waals surface area contributed by atoms with E-state index in [0.29, 0.717) is 17.4 Å². The van der Waals surface area contributed by atoms with Crippen molar-refractivity contribution >= 4 is 15.9 Å². The SMILES string of the molecule is C=C([C@H](C)Br)N1CCC(CO)CC1. The Morgan fingerprint density at radius 2 is 2.15 bits per heavy atom. The van der Waals surface area contributed by atoms with E-state index in [1.54, 1.807) is 0 Å². The standard InChI is InChI=1S/C10H18BrNO/c1-8(11)9(2)12-5-3-10(7-13)4-6-12/h8,10,13H,2-7H2,1H3/t8-/m0/s1. The van der Waals surface area contributed by atoms with Crippen molar-refractivity contribution in [2.24, 2.45) is 5.92 Å². The lowest BCUT2D eigenvalue weighted by atomic mass is 9.97. The monoisotopic (exact) mass is 247 g/mol. The summed E-state index contributed by atoms with van der Waals surface area (Å²) in [6.45, 7) is 8.56. The summed E-state index contributed by atoms with van der Waals surface area (Å²) in [5.74, 6) is 0.509. The second-order valence-electron chi connectivity index (χ2n) is 3.72. The van der Waals surface area contributed by atoms with Gasteiger partial charge in [0.15, 0.2) is 0 Å². The zero-order valence-electron chi connectivity index (χ0n) is 8.17. The molecule has 0 aromatic carbocycles. The predicted molar refractivity (Wildman–Crippen MR) is 58.9 cm³/mol. The molecule has 0 radical (unpaired) electrons. The number of nitrogens with zero attached hydrogens (tertiary/aromatic N) is 1. The summed E-state index contributed by atoms with van der Waals surface area (Å²) in [5.41, 5.74) is 1.16. The average molecular weight is 248 g/mol. The molecule has 0 aliphatic carbocycles. The van der Waals surface area contributed by atoms with Crippen LogP contribution in [0.5, 0.6) is 0 Å². The number of halogens is 1. The van der Waals surface area contributed by atoms with Gasteiger partial charge in [0.2, 0.25) is 0 Å². The molecule has 0 unspecified atom stereocenters. The predicted octanol–water partition coefficient (Wildman–Crippen LogP) is 1.99. The minimum Gasteiger partial charge on any atom is -0.396 e. The molecule has 0 spiro atoms. The molecule has 1 aliphatic heterocycles. The van der Waals surface area contributed by atoms with Crippen LogP contribution in [0.3, 0.4) is 0 Å². The van der Waals surface area contributed by atoms with E-state index in [-0.39, 0.29) is 0 Å². The number of aliphatic hydroxyl groups is 1. The highest BCUT2D eigenvalue weighted by atomic mass is 79.9. The number of piperidine rings is 1. The molecule has 1 N–H and O–H groups in total. The highest BCUT2D eigenvalue weighted by Gasteiger charge is 2.20. The van der Waals surface area contributed by atoms with E-state index in [1.807, 2.05) is 0 Å². The molecule has 1 saturated heterocycles. The lowest BCUT2D eigenvalue weighted by molar-refractivity contribution is 0.150. The molecule has 0 bridgehead atoms. The van der Waals surface area contributed by atoms with Crippen molar-refractivity contribution in [2.75, 3.05) is 19.7 Å². The van der Waals surface area contributed by atoms with Crippen LogP contribution >= 0.6 is 15.9 Å². The van der Waals surface area contributed by atoms with Crippen molar-refractivity contribution in [1.82, 2.24) is 4.90 Å². The smallest absolute Gasteiger partial charge is 0.0510 e. The molecule has 2 nitrogen and oxygen atoms in total. The van der Waals surface area contributed by atoms with Gasteiger partial charge in [-0.05, 0) is 25.7 Å². The van der Waals surface area contributed by atoms with Gasteiger partial charge in [0.05, 0.1) is 4.83 Å². The molecule has 0 amide bonds.